The van der Waals surface area contributed by atoms with Crippen molar-refractivity contribution >= 4 is 22.0 Å². The third-order valence-electron chi connectivity index (χ3n) is 8.39. The molecule has 0 radical (unpaired) electrons. The zero-order chi connectivity index (χ0) is 32.6. The summed E-state index contributed by atoms with van der Waals surface area (Å²) in [4.78, 5) is 29.3. The molecule has 0 fully saturated rings. The number of nitrogens with zero attached hydrogens (tertiary/aromatic N) is 6. The highest BCUT2D eigenvalue weighted by Gasteiger charge is 2.16. The van der Waals surface area contributed by atoms with Crippen LogP contribution in [0.25, 0.3) is 90.3 Å². The molecule has 0 saturated heterocycles. The topological polar surface area (TPSA) is 90.5 Å². The molecular weight excluding hydrogens is 605 g/mol. The van der Waals surface area contributed by atoms with Gasteiger partial charge in [-0.3, -0.25) is 0 Å². The maximum Gasteiger partial charge on any atom is 0.227 e. The van der Waals surface area contributed by atoms with Crippen LogP contribution >= 0.6 is 0 Å². The van der Waals surface area contributed by atoms with Gasteiger partial charge in [-0.05, 0) is 36.4 Å². The highest BCUT2D eigenvalue weighted by molar-refractivity contribution is 5.94. The number of hydrogen-bond acceptors (Lipinski definition) is 7. The molecule has 0 bridgehead atoms. The smallest absolute Gasteiger partial charge is 0.227 e. The lowest BCUT2D eigenvalue weighted by Crippen LogP contribution is -2.00. The molecule has 230 valence electrons. The largest absolute Gasteiger partial charge is 0.436 e. The molecule has 9 rings (SSSR count). The molecule has 0 aliphatic rings. The monoisotopic (exact) mass is 630 g/mol. The molecule has 0 spiro atoms. The van der Waals surface area contributed by atoms with Gasteiger partial charge in [0.15, 0.2) is 28.9 Å². The van der Waals surface area contributed by atoms with Gasteiger partial charge in [0.2, 0.25) is 5.89 Å². The van der Waals surface area contributed by atoms with E-state index in [9.17, 15) is 0 Å². The van der Waals surface area contributed by atoms with E-state index in [2.05, 4.69) is 23.2 Å². The van der Waals surface area contributed by atoms with Gasteiger partial charge in [-0.2, -0.15) is 0 Å². The van der Waals surface area contributed by atoms with Crippen LogP contribution in [0.5, 0.6) is 0 Å². The first-order valence-corrected chi connectivity index (χ1v) is 16.0. The van der Waals surface area contributed by atoms with E-state index < -0.39 is 0 Å². The van der Waals surface area contributed by atoms with E-state index in [0.29, 0.717) is 34.8 Å². The lowest BCUT2D eigenvalue weighted by molar-refractivity contribution is 0.620. The lowest BCUT2D eigenvalue weighted by Gasteiger charge is -2.11. The van der Waals surface area contributed by atoms with E-state index in [4.69, 9.17) is 29.3 Å². The van der Waals surface area contributed by atoms with Crippen molar-refractivity contribution in [2.75, 3.05) is 0 Å². The van der Waals surface area contributed by atoms with Crippen molar-refractivity contribution in [3.8, 4) is 68.3 Å². The van der Waals surface area contributed by atoms with Crippen LogP contribution in [-0.2, 0) is 0 Å². The number of benzene rings is 6. The number of para-hydroxylation sites is 1. The minimum absolute atomic E-state index is 0.581. The Morgan fingerprint density at radius 3 is 1.45 bits per heavy atom. The Balaban J connectivity index is 1.11. The van der Waals surface area contributed by atoms with Crippen molar-refractivity contribution in [3.05, 3.63) is 158 Å². The van der Waals surface area contributed by atoms with Crippen LogP contribution in [0.4, 0.5) is 0 Å². The molecule has 0 N–H and O–H groups in total. The van der Waals surface area contributed by atoms with Gasteiger partial charge in [0, 0.05) is 38.8 Å². The Hall–Kier alpha value is -6.86. The first-order valence-electron chi connectivity index (χ1n) is 16.0. The lowest BCUT2D eigenvalue weighted by atomic mass is 10.0. The predicted molar refractivity (Wildman–Crippen MR) is 193 cm³/mol. The van der Waals surface area contributed by atoms with Crippen LogP contribution in [-0.4, -0.2) is 29.9 Å². The quantitative estimate of drug-likeness (QED) is 0.181. The third kappa shape index (κ3) is 5.49. The molecule has 0 amide bonds. The molecule has 7 nitrogen and oxygen atoms in total. The molecule has 9 aromatic rings. The van der Waals surface area contributed by atoms with E-state index in [0.717, 1.165) is 55.5 Å². The first kappa shape index (κ1) is 28.4. The Bertz CT molecular complexity index is 2530. The highest BCUT2D eigenvalue weighted by Crippen LogP contribution is 2.33. The molecule has 0 aliphatic carbocycles. The maximum absolute atomic E-state index is 6.16. The second-order valence-corrected chi connectivity index (χ2v) is 11.6. The van der Waals surface area contributed by atoms with Gasteiger partial charge in [0.05, 0.1) is 11.2 Å². The molecule has 0 unspecified atom stereocenters. The van der Waals surface area contributed by atoms with Crippen LogP contribution in [0.15, 0.2) is 162 Å². The summed E-state index contributed by atoms with van der Waals surface area (Å²) in [5.41, 5.74) is 8.62. The fourth-order valence-electron chi connectivity index (χ4n) is 5.91. The van der Waals surface area contributed by atoms with Gasteiger partial charge in [-0.1, -0.05) is 121 Å². The zero-order valence-electron chi connectivity index (χ0n) is 26.1. The molecule has 0 saturated carbocycles. The van der Waals surface area contributed by atoms with E-state index in [1.807, 2.05) is 140 Å². The van der Waals surface area contributed by atoms with Crippen LogP contribution < -0.4 is 0 Å². The summed E-state index contributed by atoms with van der Waals surface area (Å²) >= 11 is 0. The number of aromatic nitrogens is 6. The summed E-state index contributed by atoms with van der Waals surface area (Å²) in [6.45, 7) is 0. The van der Waals surface area contributed by atoms with Crippen molar-refractivity contribution < 1.29 is 4.42 Å². The van der Waals surface area contributed by atoms with Crippen molar-refractivity contribution in [1.82, 2.24) is 29.9 Å². The molecular formula is C42H26N6O. The average Bonchev–Trinajstić information content (AvgIpc) is 3.62. The molecule has 0 aliphatic heterocycles. The van der Waals surface area contributed by atoms with Gasteiger partial charge in [-0.25, -0.2) is 29.9 Å². The van der Waals surface area contributed by atoms with Gasteiger partial charge in [0.25, 0.3) is 0 Å². The van der Waals surface area contributed by atoms with Gasteiger partial charge < -0.3 is 4.42 Å². The summed E-state index contributed by atoms with van der Waals surface area (Å²) in [5, 5.41) is 0.962. The van der Waals surface area contributed by atoms with Gasteiger partial charge >= 0.3 is 0 Å². The third-order valence-corrected chi connectivity index (χ3v) is 8.39. The Morgan fingerprint density at radius 2 is 0.816 bits per heavy atom. The van der Waals surface area contributed by atoms with Gasteiger partial charge in [-0.15, -0.1) is 0 Å². The Kier molecular flexibility index (Phi) is 6.98. The number of oxazole rings is 1. The Morgan fingerprint density at radius 1 is 0.327 bits per heavy atom. The summed E-state index contributed by atoms with van der Waals surface area (Å²) < 4.78 is 6.16. The van der Waals surface area contributed by atoms with Crippen LogP contribution in [0.1, 0.15) is 0 Å². The molecule has 6 aromatic carbocycles. The van der Waals surface area contributed by atoms with Crippen LogP contribution in [0.2, 0.25) is 0 Å². The fraction of sp³-hybridized carbons (Fsp3) is 0. The van der Waals surface area contributed by atoms with E-state index in [1.54, 1.807) is 0 Å². The SMILES string of the molecule is c1ccc(-c2nc(-c3ccccc3)nc(-c3ccc(-c4nc(-c5ccc6nc(-c7ccccc7)oc6c5)nc5ccccc45)cc3)n2)cc1. The number of hydrogen-bond donors (Lipinski definition) is 0. The van der Waals surface area contributed by atoms with Crippen molar-refractivity contribution in [1.29, 1.82) is 0 Å². The minimum atomic E-state index is 0.581. The van der Waals surface area contributed by atoms with E-state index in [-0.39, 0.29) is 0 Å². The normalized spacial score (nSPS) is 11.3. The maximum atomic E-state index is 6.16. The van der Waals surface area contributed by atoms with Crippen LogP contribution in [0, 0.1) is 0 Å². The van der Waals surface area contributed by atoms with Crippen LogP contribution in [0.3, 0.4) is 0 Å². The summed E-state index contributed by atoms with van der Waals surface area (Å²) in [6, 6.07) is 52.0. The standard InChI is InChI=1S/C42H26N6O/c1-4-12-28(13-5-1)38-46-39(29-14-6-2-7-15-29)48-40(47-38)30-22-20-27(21-23-30)37-33-18-10-11-19-34(33)43-41(45-37)32-24-25-35-36(26-32)49-42(44-35)31-16-8-3-9-17-31/h1-26H. The van der Waals surface area contributed by atoms with Crippen molar-refractivity contribution in [2.45, 2.75) is 0 Å². The fourth-order valence-corrected chi connectivity index (χ4v) is 5.91. The number of fused-ring (bicyclic) bond motifs is 2. The molecule has 3 aromatic heterocycles. The van der Waals surface area contributed by atoms with Crippen molar-refractivity contribution in [3.63, 3.8) is 0 Å². The molecule has 0 atom stereocenters. The first-order chi connectivity index (χ1) is 24.2. The average molecular weight is 631 g/mol. The number of rotatable bonds is 6. The second kappa shape index (κ2) is 12.1. The minimum Gasteiger partial charge on any atom is -0.436 e. The van der Waals surface area contributed by atoms with Gasteiger partial charge in [0.1, 0.15) is 5.52 Å². The van der Waals surface area contributed by atoms with E-state index >= 15 is 0 Å². The second-order valence-electron chi connectivity index (χ2n) is 11.6. The predicted octanol–water partition coefficient (Wildman–Crippen LogP) is 9.96. The summed E-state index contributed by atoms with van der Waals surface area (Å²) in [7, 11) is 0. The highest BCUT2D eigenvalue weighted by atomic mass is 16.3. The zero-order valence-corrected chi connectivity index (χ0v) is 26.1. The van der Waals surface area contributed by atoms with Crippen molar-refractivity contribution in [2.24, 2.45) is 0 Å². The Labute approximate surface area is 281 Å². The summed E-state index contributed by atoms with van der Waals surface area (Å²) in [5.74, 6) is 3.04. The van der Waals surface area contributed by atoms with E-state index in [1.165, 1.54) is 0 Å². The molecule has 49 heavy (non-hydrogen) atoms. The summed E-state index contributed by atoms with van der Waals surface area (Å²) in [6.07, 6.45) is 0. The molecule has 3 heterocycles. The molecule has 7 heteroatoms.